The molecule has 1 aliphatic carbocycles. The molecule has 14 nitrogen and oxygen atoms in total. The number of benzene rings is 1. The molecule has 0 unspecified atom stereocenters. The van der Waals surface area contributed by atoms with Crippen LogP contribution in [0.1, 0.15) is 82.9 Å². The lowest BCUT2D eigenvalue weighted by Gasteiger charge is -2.39. The quantitative estimate of drug-likeness (QED) is 0.255. The Morgan fingerprint density at radius 2 is 1.88 bits per heavy atom. The molecule has 7 rings (SSSR count). The highest BCUT2D eigenvalue weighted by molar-refractivity contribution is 5.95. The van der Waals surface area contributed by atoms with Gasteiger partial charge in [0.05, 0.1) is 23.4 Å². The summed E-state index contributed by atoms with van der Waals surface area (Å²) in [6.07, 6.45) is 2.29. The molecule has 1 aromatic carbocycles. The summed E-state index contributed by atoms with van der Waals surface area (Å²) >= 11 is 0. The molecule has 3 aromatic rings. The molecule has 1 saturated carbocycles. The molecular formula is C34H40F3N9O5. The number of rotatable bonds is 6. The third kappa shape index (κ3) is 6.67. The normalized spacial score (nSPS) is 19.0. The number of aromatic amines is 3. The first-order chi connectivity index (χ1) is 24.3. The second-order valence-electron chi connectivity index (χ2n) is 13.7. The summed E-state index contributed by atoms with van der Waals surface area (Å²) in [6.45, 7) is 4.57. The van der Waals surface area contributed by atoms with Crippen LogP contribution in [0.15, 0.2) is 29.1 Å². The van der Waals surface area contributed by atoms with Crippen molar-refractivity contribution in [3.63, 3.8) is 0 Å². The van der Waals surface area contributed by atoms with E-state index in [0.717, 1.165) is 30.8 Å². The standard InChI is InChI=1S/C34H40F3N9O5/c1-19-16-22(34(35,36)37)6-7-24(19)38-26(47)17-46-31(49)27-25(40-42-30(43-46)21-8-12-44(13-9-21)23-4-3-5-23)18-51-33(27)10-14-45(15-11-33)32(50)28-29(48)20(2)39-41-28/h6-8,16,23,40,48H,3-5,9-15,17-18H2,1-2H3,(H,38,47)(H,39,41)(H,42,43). The lowest BCUT2D eigenvalue weighted by atomic mass is 9.85. The minimum Gasteiger partial charge on any atom is -0.504 e. The average Bonchev–Trinajstić information content (AvgIpc) is 3.59. The molecular weight excluding hydrogens is 671 g/mol. The summed E-state index contributed by atoms with van der Waals surface area (Å²) in [5.74, 6) is -0.907. The number of anilines is 1. The number of fused-ring (bicyclic) bond motifs is 2. The zero-order chi connectivity index (χ0) is 36.1. The fourth-order valence-corrected chi connectivity index (χ4v) is 7.25. The number of amides is 2. The first-order valence-electron chi connectivity index (χ1n) is 17.1. The maximum atomic E-state index is 14.5. The van der Waals surface area contributed by atoms with E-state index in [1.54, 1.807) is 11.8 Å². The van der Waals surface area contributed by atoms with E-state index < -0.39 is 41.3 Å². The molecule has 3 aliphatic heterocycles. The summed E-state index contributed by atoms with van der Waals surface area (Å²) in [7, 11) is 0. The van der Waals surface area contributed by atoms with Gasteiger partial charge in [0.15, 0.2) is 17.3 Å². The molecule has 0 radical (unpaired) electrons. The molecule has 4 aliphatic rings. The predicted molar refractivity (Wildman–Crippen MR) is 178 cm³/mol. The number of ether oxygens (including phenoxy) is 1. The van der Waals surface area contributed by atoms with Gasteiger partial charge in [-0.05, 0) is 75.3 Å². The Morgan fingerprint density at radius 3 is 2.49 bits per heavy atom. The van der Waals surface area contributed by atoms with Gasteiger partial charge in [0.2, 0.25) is 5.91 Å². The van der Waals surface area contributed by atoms with Gasteiger partial charge in [-0.15, -0.1) is 0 Å². The van der Waals surface area contributed by atoms with Crippen LogP contribution in [0.2, 0.25) is 0 Å². The van der Waals surface area contributed by atoms with Gasteiger partial charge in [-0.25, -0.2) is 4.68 Å². The van der Waals surface area contributed by atoms with E-state index in [2.05, 4.69) is 41.8 Å². The highest BCUT2D eigenvalue weighted by Gasteiger charge is 2.46. The van der Waals surface area contributed by atoms with Crippen molar-refractivity contribution >= 4 is 23.1 Å². The Bertz CT molecular complexity index is 2000. The summed E-state index contributed by atoms with van der Waals surface area (Å²) < 4.78 is 47.3. The number of H-pyrrole nitrogens is 3. The maximum absolute atomic E-state index is 14.5. The summed E-state index contributed by atoms with van der Waals surface area (Å²) in [5.41, 5.74) is -0.183. The van der Waals surface area contributed by atoms with Crippen molar-refractivity contribution < 1.29 is 32.6 Å². The Labute approximate surface area is 290 Å². The largest absolute Gasteiger partial charge is 0.504 e. The molecule has 0 atom stereocenters. The van der Waals surface area contributed by atoms with Crippen molar-refractivity contribution in [1.82, 2.24) is 40.0 Å². The SMILES string of the molecule is Cc1cc(C(F)(F)F)ccc1NC(=O)Cn1[nH]c(C2=CCN(C3CCC3)CC2)n[nH]c2c(c1=O)C1(CCN(C(=O)c3[nH]nc(C)c3O)CC1)OC2. The smallest absolute Gasteiger partial charge is 0.416 e. The molecule has 5 heterocycles. The fraction of sp³-hybridized carbons (Fsp3) is 0.500. The van der Waals surface area contributed by atoms with E-state index >= 15 is 0 Å². The third-order valence-electron chi connectivity index (χ3n) is 10.5. The van der Waals surface area contributed by atoms with Crippen LogP contribution in [-0.2, 0) is 34.5 Å². The highest BCUT2D eigenvalue weighted by atomic mass is 19.4. The van der Waals surface area contributed by atoms with Gasteiger partial charge in [-0.2, -0.15) is 23.4 Å². The van der Waals surface area contributed by atoms with E-state index in [4.69, 9.17) is 4.74 Å². The number of carbonyl (C=O) groups excluding carboxylic acids is 2. The number of halogens is 3. The second-order valence-corrected chi connectivity index (χ2v) is 13.7. The molecule has 51 heavy (non-hydrogen) atoms. The van der Waals surface area contributed by atoms with Crippen molar-refractivity contribution in [2.75, 3.05) is 31.5 Å². The Balaban J connectivity index is 1.20. The number of alkyl halides is 3. The van der Waals surface area contributed by atoms with Crippen LogP contribution in [-0.4, -0.2) is 89.1 Å². The van der Waals surface area contributed by atoms with Gasteiger partial charge in [0.25, 0.3) is 11.5 Å². The van der Waals surface area contributed by atoms with E-state index in [-0.39, 0.29) is 60.8 Å². The number of aromatic nitrogens is 6. The zero-order valence-electron chi connectivity index (χ0n) is 28.3. The topological polar surface area (TPSA) is 177 Å². The number of carbonyl (C=O) groups is 2. The van der Waals surface area contributed by atoms with E-state index in [1.807, 2.05) is 0 Å². The van der Waals surface area contributed by atoms with Crippen molar-refractivity contribution in [3.05, 3.63) is 74.2 Å². The third-order valence-corrected chi connectivity index (χ3v) is 10.5. The van der Waals surface area contributed by atoms with Crippen molar-refractivity contribution in [2.24, 2.45) is 0 Å². The summed E-state index contributed by atoms with van der Waals surface area (Å²) in [4.78, 5) is 45.2. The van der Waals surface area contributed by atoms with E-state index in [9.17, 15) is 32.7 Å². The fourth-order valence-electron chi connectivity index (χ4n) is 7.25. The molecule has 5 N–H and O–H groups in total. The Kier molecular flexibility index (Phi) is 9.03. The van der Waals surface area contributed by atoms with Crippen molar-refractivity contribution in [2.45, 2.75) is 83.3 Å². The maximum Gasteiger partial charge on any atom is 0.416 e. The number of piperidine rings is 1. The molecule has 0 bridgehead atoms. The van der Waals surface area contributed by atoms with Gasteiger partial charge in [0.1, 0.15) is 17.8 Å². The number of nitrogens with one attached hydrogen (secondary N) is 4. The number of hydrogen-bond acceptors (Lipinski definition) is 8. The number of nitrogens with zero attached hydrogens (tertiary/aromatic N) is 5. The van der Waals surface area contributed by atoms with Crippen LogP contribution in [0, 0.1) is 13.8 Å². The van der Waals surface area contributed by atoms with Crippen LogP contribution in [0.4, 0.5) is 18.9 Å². The van der Waals surface area contributed by atoms with Crippen LogP contribution in [0.3, 0.4) is 0 Å². The summed E-state index contributed by atoms with van der Waals surface area (Å²) in [5, 5.41) is 30.2. The van der Waals surface area contributed by atoms with E-state index in [0.29, 0.717) is 29.7 Å². The molecule has 1 saturated heterocycles. The van der Waals surface area contributed by atoms with Gasteiger partial charge < -0.3 is 20.1 Å². The first-order valence-corrected chi connectivity index (χ1v) is 17.1. The average molecular weight is 712 g/mol. The molecule has 2 fully saturated rings. The number of aryl methyl sites for hydroxylation is 2. The Hall–Kier alpha value is -4.90. The zero-order valence-corrected chi connectivity index (χ0v) is 28.3. The minimum atomic E-state index is -4.53. The first kappa shape index (κ1) is 34.5. The monoisotopic (exact) mass is 711 g/mol. The lowest BCUT2D eigenvalue weighted by Crippen LogP contribution is -2.47. The molecule has 17 heteroatoms. The van der Waals surface area contributed by atoms with Crippen LogP contribution < -0.4 is 10.9 Å². The summed E-state index contributed by atoms with van der Waals surface area (Å²) in [6, 6.07) is 3.61. The number of hydrogen-bond donors (Lipinski definition) is 5. The number of aromatic hydroxyl groups is 1. The molecule has 2 aromatic heterocycles. The van der Waals surface area contributed by atoms with Gasteiger partial charge >= 0.3 is 6.18 Å². The van der Waals surface area contributed by atoms with Gasteiger partial charge in [-0.3, -0.25) is 34.6 Å². The van der Waals surface area contributed by atoms with Gasteiger partial charge in [0, 0.05) is 37.9 Å². The van der Waals surface area contributed by atoms with Crippen molar-refractivity contribution in [3.8, 4) is 5.75 Å². The lowest BCUT2D eigenvalue weighted by molar-refractivity contribution is -0.137. The molecule has 1 spiro atoms. The van der Waals surface area contributed by atoms with Crippen LogP contribution in [0.25, 0.3) is 5.57 Å². The van der Waals surface area contributed by atoms with Crippen LogP contribution in [0.5, 0.6) is 5.75 Å². The highest BCUT2D eigenvalue weighted by Crippen LogP contribution is 2.42. The molecule has 2 amide bonds. The van der Waals surface area contributed by atoms with Crippen LogP contribution >= 0.6 is 0 Å². The molecule has 272 valence electrons. The Morgan fingerprint density at radius 1 is 1.12 bits per heavy atom. The van der Waals surface area contributed by atoms with E-state index in [1.165, 1.54) is 36.9 Å². The van der Waals surface area contributed by atoms with Crippen molar-refractivity contribution in [1.29, 1.82) is 0 Å². The van der Waals surface area contributed by atoms with Gasteiger partial charge in [-0.1, -0.05) is 12.5 Å². The minimum absolute atomic E-state index is 0.0150. The number of likely N-dealkylation sites (tertiary alicyclic amines) is 1. The predicted octanol–water partition coefficient (Wildman–Crippen LogP) is 4.03. The second kappa shape index (κ2) is 13.3.